The second-order valence-corrected chi connectivity index (χ2v) is 5.07. The van der Waals surface area contributed by atoms with Crippen molar-refractivity contribution in [1.29, 1.82) is 5.26 Å². The first-order valence-electron chi connectivity index (χ1n) is 6.97. The van der Waals surface area contributed by atoms with Gasteiger partial charge in [-0.05, 0) is 31.0 Å². The fraction of sp³-hybridized carbons (Fsp3) is 0.533. The van der Waals surface area contributed by atoms with Crippen molar-refractivity contribution in [3.05, 3.63) is 29.3 Å². The quantitative estimate of drug-likeness (QED) is 0.837. The highest BCUT2D eigenvalue weighted by Gasteiger charge is 2.33. The number of hydrogen-bond donors (Lipinski definition) is 1. The number of nitrogens with one attached hydrogen (secondary N) is 1. The van der Waals surface area contributed by atoms with Gasteiger partial charge in [0.25, 0.3) is 0 Å². The lowest BCUT2D eigenvalue weighted by Crippen LogP contribution is -2.16. The number of anilines is 1. The second kappa shape index (κ2) is 6.81. The van der Waals surface area contributed by atoms with Crippen molar-refractivity contribution in [1.82, 2.24) is 0 Å². The minimum atomic E-state index is -4.52. The molecule has 2 rings (SSSR count). The van der Waals surface area contributed by atoms with Crippen LogP contribution in [0.25, 0.3) is 0 Å². The van der Waals surface area contributed by atoms with Crippen LogP contribution in [0.15, 0.2) is 18.2 Å². The van der Waals surface area contributed by atoms with E-state index < -0.39 is 11.7 Å². The lowest BCUT2D eigenvalue weighted by Gasteiger charge is -2.14. The fourth-order valence-corrected chi connectivity index (χ4v) is 2.46. The van der Waals surface area contributed by atoms with Gasteiger partial charge in [0.05, 0.1) is 29.9 Å². The number of nitrogens with zero attached hydrogens (tertiary/aromatic N) is 1. The Hall–Kier alpha value is -1.74. The Morgan fingerprint density at radius 1 is 1.29 bits per heavy atom. The number of nitriles is 1. The number of hydrogen-bond acceptors (Lipinski definition) is 3. The number of halogens is 3. The smallest absolute Gasteiger partial charge is 0.383 e. The Bertz CT molecular complexity index is 517. The van der Waals surface area contributed by atoms with E-state index in [0.29, 0.717) is 24.9 Å². The van der Waals surface area contributed by atoms with Crippen LogP contribution in [0.5, 0.6) is 0 Å². The molecule has 21 heavy (non-hydrogen) atoms. The fourth-order valence-electron chi connectivity index (χ4n) is 2.46. The molecule has 0 aliphatic heterocycles. The van der Waals surface area contributed by atoms with E-state index >= 15 is 0 Å². The van der Waals surface area contributed by atoms with Gasteiger partial charge < -0.3 is 10.1 Å². The topological polar surface area (TPSA) is 45.0 Å². The number of ether oxygens (including phenoxy) is 1. The highest BCUT2D eigenvalue weighted by Crippen LogP contribution is 2.33. The summed E-state index contributed by atoms with van der Waals surface area (Å²) in [5, 5.41) is 11.6. The van der Waals surface area contributed by atoms with Crippen LogP contribution in [-0.4, -0.2) is 19.3 Å². The summed E-state index contributed by atoms with van der Waals surface area (Å²) in [6, 6.07) is 5.19. The Morgan fingerprint density at radius 2 is 2.00 bits per heavy atom. The average molecular weight is 298 g/mol. The Balaban J connectivity index is 1.90. The van der Waals surface area contributed by atoms with Crippen LogP contribution in [0.2, 0.25) is 0 Å². The monoisotopic (exact) mass is 298 g/mol. The standard InChI is InChI=1S/C15H17F3N2O/c16-15(17,18)14-9-12(6-5-11(14)10-19)20-7-8-21-13-3-1-2-4-13/h5-6,9,13,20H,1-4,7-8H2. The highest BCUT2D eigenvalue weighted by atomic mass is 19.4. The third-order valence-electron chi connectivity index (χ3n) is 3.53. The SMILES string of the molecule is N#Cc1ccc(NCCOC2CCCC2)cc1C(F)(F)F. The first-order valence-corrected chi connectivity index (χ1v) is 6.97. The molecule has 1 aliphatic carbocycles. The van der Waals surface area contributed by atoms with Gasteiger partial charge in [0.15, 0.2) is 0 Å². The molecule has 0 aromatic heterocycles. The van der Waals surface area contributed by atoms with Crippen molar-refractivity contribution in [3.8, 4) is 6.07 Å². The summed E-state index contributed by atoms with van der Waals surface area (Å²) in [7, 11) is 0. The molecule has 0 spiro atoms. The largest absolute Gasteiger partial charge is 0.417 e. The van der Waals surface area contributed by atoms with Crippen molar-refractivity contribution >= 4 is 5.69 Å². The van der Waals surface area contributed by atoms with E-state index in [0.717, 1.165) is 18.9 Å². The van der Waals surface area contributed by atoms with Crippen molar-refractivity contribution in [2.24, 2.45) is 0 Å². The van der Waals surface area contributed by atoms with Crippen molar-refractivity contribution in [3.63, 3.8) is 0 Å². The van der Waals surface area contributed by atoms with Gasteiger partial charge in [0.2, 0.25) is 0 Å². The predicted octanol–water partition coefficient (Wildman–Crippen LogP) is 3.95. The van der Waals surface area contributed by atoms with Gasteiger partial charge in [-0.1, -0.05) is 12.8 Å². The Labute approximate surface area is 121 Å². The van der Waals surface area contributed by atoms with E-state index in [1.807, 2.05) is 0 Å². The van der Waals surface area contributed by atoms with Gasteiger partial charge in [-0.25, -0.2) is 0 Å². The molecule has 1 N–H and O–H groups in total. The molecule has 1 aliphatic rings. The molecule has 1 saturated carbocycles. The number of alkyl halides is 3. The van der Waals surface area contributed by atoms with Gasteiger partial charge in [0, 0.05) is 12.2 Å². The maximum absolute atomic E-state index is 12.8. The van der Waals surface area contributed by atoms with E-state index in [1.165, 1.54) is 25.0 Å². The first kappa shape index (κ1) is 15.6. The summed E-state index contributed by atoms with van der Waals surface area (Å²) in [6.07, 6.45) is 0.261. The lowest BCUT2D eigenvalue weighted by atomic mass is 10.1. The Kier molecular flexibility index (Phi) is 5.07. The molecule has 0 amide bonds. The van der Waals surface area contributed by atoms with Gasteiger partial charge in [0.1, 0.15) is 0 Å². The number of benzene rings is 1. The third kappa shape index (κ3) is 4.36. The minimum Gasteiger partial charge on any atom is -0.383 e. The van der Waals surface area contributed by atoms with E-state index in [-0.39, 0.29) is 5.56 Å². The van der Waals surface area contributed by atoms with E-state index in [2.05, 4.69) is 5.32 Å². The molecule has 0 radical (unpaired) electrons. The molecule has 6 heteroatoms. The molecule has 0 unspecified atom stereocenters. The summed E-state index contributed by atoms with van der Waals surface area (Å²) >= 11 is 0. The zero-order chi connectivity index (χ0) is 15.3. The molecule has 0 saturated heterocycles. The van der Waals surface area contributed by atoms with E-state index in [9.17, 15) is 13.2 Å². The molecule has 114 valence electrons. The van der Waals surface area contributed by atoms with Gasteiger partial charge in [-0.3, -0.25) is 0 Å². The Morgan fingerprint density at radius 3 is 2.62 bits per heavy atom. The average Bonchev–Trinajstić information content (AvgIpc) is 2.95. The molecule has 0 bridgehead atoms. The normalized spacial score (nSPS) is 15.9. The van der Waals surface area contributed by atoms with Crippen LogP contribution < -0.4 is 5.32 Å². The summed E-state index contributed by atoms with van der Waals surface area (Å²) in [6.45, 7) is 0.908. The molecule has 1 fully saturated rings. The minimum absolute atomic E-state index is 0.290. The molecule has 0 heterocycles. The maximum atomic E-state index is 12.8. The zero-order valence-electron chi connectivity index (χ0n) is 11.5. The molecule has 3 nitrogen and oxygen atoms in total. The van der Waals surface area contributed by atoms with Crippen molar-refractivity contribution in [2.45, 2.75) is 38.0 Å². The van der Waals surface area contributed by atoms with E-state index in [1.54, 1.807) is 6.07 Å². The van der Waals surface area contributed by atoms with E-state index in [4.69, 9.17) is 10.00 Å². The summed E-state index contributed by atoms with van der Waals surface area (Å²) < 4.78 is 44.0. The van der Waals surface area contributed by atoms with Crippen LogP contribution in [0, 0.1) is 11.3 Å². The van der Waals surface area contributed by atoms with Crippen LogP contribution in [0.3, 0.4) is 0 Å². The van der Waals surface area contributed by atoms with Gasteiger partial charge in [-0.2, -0.15) is 18.4 Å². The van der Waals surface area contributed by atoms with Crippen LogP contribution in [-0.2, 0) is 10.9 Å². The van der Waals surface area contributed by atoms with Crippen LogP contribution in [0.1, 0.15) is 36.8 Å². The molecular weight excluding hydrogens is 281 g/mol. The highest BCUT2D eigenvalue weighted by molar-refractivity contribution is 5.53. The van der Waals surface area contributed by atoms with Crippen LogP contribution in [0.4, 0.5) is 18.9 Å². The zero-order valence-corrected chi connectivity index (χ0v) is 11.5. The molecule has 1 aromatic carbocycles. The van der Waals surface area contributed by atoms with Crippen LogP contribution >= 0.6 is 0 Å². The first-order chi connectivity index (χ1) is 10.0. The molecular formula is C15H17F3N2O. The van der Waals surface area contributed by atoms with Gasteiger partial charge in [-0.15, -0.1) is 0 Å². The summed E-state index contributed by atoms with van der Waals surface area (Å²) in [5.41, 5.74) is -0.932. The lowest BCUT2D eigenvalue weighted by molar-refractivity contribution is -0.137. The van der Waals surface area contributed by atoms with Crippen molar-refractivity contribution < 1.29 is 17.9 Å². The predicted molar refractivity (Wildman–Crippen MR) is 72.9 cm³/mol. The third-order valence-corrected chi connectivity index (χ3v) is 3.53. The van der Waals surface area contributed by atoms with Gasteiger partial charge >= 0.3 is 6.18 Å². The summed E-state index contributed by atoms with van der Waals surface area (Å²) in [4.78, 5) is 0. The van der Waals surface area contributed by atoms with Crippen molar-refractivity contribution in [2.75, 3.05) is 18.5 Å². The molecule has 0 atom stereocenters. The number of rotatable bonds is 5. The maximum Gasteiger partial charge on any atom is 0.417 e. The molecule has 1 aromatic rings. The second-order valence-electron chi connectivity index (χ2n) is 5.07. The summed E-state index contributed by atoms with van der Waals surface area (Å²) in [5.74, 6) is 0.